The first-order valence-electron chi connectivity index (χ1n) is 5.45. The molecule has 0 bridgehead atoms. The summed E-state index contributed by atoms with van der Waals surface area (Å²) >= 11 is 5.63. The second kappa shape index (κ2) is 4.40. The number of rotatable bonds is 2. The van der Waals surface area contributed by atoms with E-state index in [0.29, 0.717) is 23.0 Å². The molecule has 96 valence electrons. The maximum Gasteiger partial charge on any atom is 0.180 e. The van der Waals surface area contributed by atoms with Gasteiger partial charge in [0.15, 0.2) is 11.5 Å². The van der Waals surface area contributed by atoms with Crippen LogP contribution in [0.5, 0.6) is 0 Å². The Kier molecular flexibility index (Phi) is 2.72. The SMILES string of the molecule is Nc1cn2ccnc2c(Nc2ccc(Cl)c(F)c2)n1. The number of halogens is 2. The van der Waals surface area contributed by atoms with Crippen molar-refractivity contribution < 1.29 is 4.39 Å². The predicted molar refractivity (Wildman–Crippen MR) is 72.1 cm³/mol. The molecule has 0 fully saturated rings. The molecule has 0 radical (unpaired) electrons. The quantitative estimate of drug-likeness (QED) is 0.756. The third-order valence-electron chi connectivity index (χ3n) is 2.58. The number of hydrogen-bond donors (Lipinski definition) is 2. The van der Waals surface area contributed by atoms with Gasteiger partial charge < -0.3 is 15.5 Å². The van der Waals surface area contributed by atoms with Gasteiger partial charge in [0.25, 0.3) is 0 Å². The van der Waals surface area contributed by atoms with Crippen LogP contribution < -0.4 is 11.1 Å². The van der Waals surface area contributed by atoms with Crippen LogP contribution in [0.25, 0.3) is 5.65 Å². The molecule has 3 N–H and O–H groups in total. The minimum atomic E-state index is -0.505. The van der Waals surface area contributed by atoms with Crippen molar-refractivity contribution in [3.05, 3.63) is 47.6 Å². The molecular formula is C12H9ClFN5. The van der Waals surface area contributed by atoms with Gasteiger partial charge in [-0.1, -0.05) is 11.6 Å². The van der Waals surface area contributed by atoms with Gasteiger partial charge in [-0.15, -0.1) is 0 Å². The normalized spacial score (nSPS) is 10.8. The van der Waals surface area contributed by atoms with E-state index in [2.05, 4.69) is 15.3 Å². The van der Waals surface area contributed by atoms with E-state index in [0.717, 1.165) is 0 Å². The first kappa shape index (κ1) is 11.7. The number of nitrogens with two attached hydrogens (primary N) is 1. The van der Waals surface area contributed by atoms with E-state index >= 15 is 0 Å². The van der Waals surface area contributed by atoms with Crippen LogP contribution in [0, 0.1) is 5.82 Å². The summed E-state index contributed by atoms with van der Waals surface area (Å²) in [6, 6.07) is 4.40. The fourth-order valence-corrected chi connectivity index (χ4v) is 1.86. The molecule has 2 heterocycles. The number of fused-ring (bicyclic) bond motifs is 1. The average molecular weight is 278 g/mol. The Hall–Kier alpha value is -2.34. The monoisotopic (exact) mass is 277 g/mol. The molecule has 0 atom stereocenters. The van der Waals surface area contributed by atoms with Gasteiger partial charge in [-0.25, -0.2) is 14.4 Å². The standard InChI is InChI=1S/C12H9ClFN5/c13-8-2-1-7(5-9(8)14)17-11-12-16-3-4-19(12)6-10(15)18-11/h1-6H,15H2,(H,17,18). The Bertz CT molecular complexity index is 755. The van der Waals surface area contributed by atoms with Crippen LogP contribution in [0.1, 0.15) is 0 Å². The van der Waals surface area contributed by atoms with Gasteiger partial charge in [0.1, 0.15) is 11.6 Å². The van der Waals surface area contributed by atoms with E-state index in [1.165, 1.54) is 12.1 Å². The lowest BCUT2D eigenvalue weighted by molar-refractivity contribution is 0.629. The van der Waals surface area contributed by atoms with Crippen LogP contribution in [0.3, 0.4) is 0 Å². The number of hydrogen-bond acceptors (Lipinski definition) is 4. The molecule has 19 heavy (non-hydrogen) atoms. The lowest BCUT2D eigenvalue weighted by Gasteiger charge is -2.08. The van der Waals surface area contributed by atoms with Crippen molar-refractivity contribution in [3.63, 3.8) is 0 Å². The topological polar surface area (TPSA) is 68.2 Å². The highest BCUT2D eigenvalue weighted by Crippen LogP contribution is 2.23. The summed E-state index contributed by atoms with van der Waals surface area (Å²) in [5.74, 6) is 0.282. The van der Waals surface area contributed by atoms with E-state index < -0.39 is 5.82 Å². The van der Waals surface area contributed by atoms with Crippen LogP contribution in [0.4, 0.5) is 21.7 Å². The van der Waals surface area contributed by atoms with Gasteiger partial charge in [0.05, 0.1) is 11.2 Å². The van der Waals surface area contributed by atoms with Crippen molar-refractivity contribution >= 4 is 34.6 Å². The summed E-state index contributed by atoms with van der Waals surface area (Å²) in [7, 11) is 0. The van der Waals surface area contributed by atoms with Gasteiger partial charge in [-0.05, 0) is 18.2 Å². The molecule has 3 aromatic rings. The summed E-state index contributed by atoms with van der Waals surface area (Å²) in [6.45, 7) is 0. The second-order valence-electron chi connectivity index (χ2n) is 3.93. The number of nitrogens with zero attached hydrogens (tertiary/aromatic N) is 3. The Morgan fingerprint density at radius 2 is 2.21 bits per heavy atom. The molecule has 0 unspecified atom stereocenters. The molecule has 0 amide bonds. The van der Waals surface area contributed by atoms with Gasteiger partial charge in [-0.3, -0.25) is 0 Å². The molecule has 7 heteroatoms. The number of nitrogen functional groups attached to an aromatic ring is 1. The largest absolute Gasteiger partial charge is 0.382 e. The average Bonchev–Trinajstić information content (AvgIpc) is 2.82. The van der Waals surface area contributed by atoms with E-state index in [1.807, 2.05) is 0 Å². The first-order valence-corrected chi connectivity index (χ1v) is 5.82. The minimum Gasteiger partial charge on any atom is -0.382 e. The van der Waals surface area contributed by atoms with Crippen LogP contribution >= 0.6 is 11.6 Å². The van der Waals surface area contributed by atoms with E-state index in [1.54, 1.807) is 29.1 Å². The van der Waals surface area contributed by atoms with Crippen molar-refractivity contribution in [2.75, 3.05) is 11.1 Å². The maximum absolute atomic E-state index is 13.4. The highest BCUT2D eigenvalue weighted by molar-refractivity contribution is 6.30. The Balaban J connectivity index is 2.04. The van der Waals surface area contributed by atoms with Crippen molar-refractivity contribution in [1.29, 1.82) is 0 Å². The third-order valence-corrected chi connectivity index (χ3v) is 2.88. The molecule has 2 aromatic heterocycles. The molecule has 0 aliphatic rings. The number of aromatic nitrogens is 3. The van der Waals surface area contributed by atoms with Gasteiger partial charge in [-0.2, -0.15) is 0 Å². The maximum atomic E-state index is 13.4. The third kappa shape index (κ3) is 2.17. The van der Waals surface area contributed by atoms with Crippen molar-refractivity contribution in [2.45, 2.75) is 0 Å². The van der Waals surface area contributed by atoms with Crippen LogP contribution in [-0.4, -0.2) is 14.4 Å². The highest BCUT2D eigenvalue weighted by atomic mass is 35.5. The van der Waals surface area contributed by atoms with Crippen LogP contribution in [0.2, 0.25) is 5.02 Å². The Morgan fingerprint density at radius 1 is 1.37 bits per heavy atom. The summed E-state index contributed by atoms with van der Waals surface area (Å²) in [5.41, 5.74) is 6.82. The number of nitrogens with one attached hydrogen (secondary N) is 1. The van der Waals surface area contributed by atoms with Gasteiger partial charge in [0.2, 0.25) is 0 Å². The molecule has 0 aliphatic carbocycles. The second-order valence-corrected chi connectivity index (χ2v) is 4.33. The van der Waals surface area contributed by atoms with Crippen molar-refractivity contribution in [2.24, 2.45) is 0 Å². The fourth-order valence-electron chi connectivity index (χ4n) is 1.75. The summed E-state index contributed by atoms with van der Waals surface area (Å²) in [4.78, 5) is 8.31. The minimum absolute atomic E-state index is 0.0667. The van der Waals surface area contributed by atoms with Gasteiger partial charge >= 0.3 is 0 Å². The number of benzene rings is 1. The van der Waals surface area contributed by atoms with E-state index in [4.69, 9.17) is 17.3 Å². The fraction of sp³-hybridized carbons (Fsp3) is 0. The van der Waals surface area contributed by atoms with Crippen LogP contribution in [-0.2, 0) is 0 Å². The molecule has 3 rings (SSSR count). The number of anilines is 3. The van der Waals surface area contributed by atoms with Crippen LogP contribution in [0.15, 0.2) is 36.8 Å². The first-order chi connectivity index (χ1) is 9.13. The molecule has 0 spiro atoms. The molecular weight excluding hydrogens is 269 g/mol. The molecule has 0 saturated carbocycles. The zero-order valence-electron chi connectivity index (χ0n) is 9.64. The van der Waals surface area contributed by atoms with Crippen molar-refractivity contribution in [1.82, 2.24) is 14.4 Å². The Labute approximate surface area is 112 Å². The van der Waals surface area contributed by atoms with Crippen molar-refractivity contribution in [3.8, 4) is 0 Å². The zero-order valence-corrected chi connectivity index (χ0v) is 10.4. The smallest absolute Gasteiger partial charge is 0.180 e. The predicted octanol–water partition coefficient (Wildman–Crippen LogP) is 2.85. The highest BCUT2D eigenvalue weighted by Gasteiger charge is 2.08. The van der Waals surface area contributed by atoms with Gasteiger partial charge in [0, 0.05) is 18.1 Å². The summed E-state index contributed by atoms with van der Waals surface area (Å²) < 4.78 is 15.1. The lowest BCUT2D eigenvalue weighted by atomic mass is 10.3. The lowest BCUT2D eigenvalue weighted by Crippen LogP contribution is -2.02. The molecule has 0 saturated heterocycles. The zero-order chi connectivity index (χ0) is 13.4. The van der Waals surface area contributed by atoms with E-state index in [-0.39, 0.29) is 5.02 Å². The number of imidazole rings is 1. The molecule has 1 aromatic carbocycles. The molecule has 0 aliphatic heterocycles. The molecule has 5 nitrogen and oxygen atoms in total. The summed E-state index contributed by atoms with van der Waals surface area (Å²) in [6.07, 6.45) is 5.03. The Morgan fingerprint density at radius 3 is 3.00 bits per heavy atom. The van der Waals surface area contributed by atoms with E-state index in [9.17, 15) is 4.39 Å². The summed E-state index contributed by atoms with van der Waals surface area (Å²) in [5, 5.41) is 3.04.